The average molecular weight is 228 g/mol. The zero-order valence-electron chi connectivity index (χ0n) is 9.69. The summed E-state index contributed by atoms with van der Waals surface area (Å²) in [7, 11) is 0. The van der Waals surface area contributed by atoms with E-state index in [1.165, 1.54) is 6.07 Å². The van der Waals surface area contributed by atoms with Gasteiger partial charge in [0.05, 0.1) is 11.4 Å². The van der Waals surface area contributed by atoms with Crippen molar-refractivity contribution in [2.24, 2.45) is 5.92 Å². The molecule has 0 unspecified atom stereocenters. The number of nitrogen functional groups attached to an aromatic ring is 1. The third kappa shape index (κ3) is 3.68. The SMILES string of the molecule is CC(C)CCCNc1cc(F)cc(F)c1N. The molecule has 0 atom stereocenters. The highest BCUT2D eigenvalue weighted by Crippen LogP contribution is 2.23. The summed E-state index contributed by atoms with van der Waals surface area (Å²) >= 11 is 0. The molecule has 0 aliphatic carbocycles. The Kier molecular flexibility index (Phi) is 4.52. The van der Waals surface area contributed by atoms with Gasteiger partial charge in [-0.3, -0.25) is 0 Å². The van der Waals surface area contributed by atoms with Crippen molar-refractivity contribution in [3.05, 3.63) is 23.8 Å². The van der Waals surface area contributed by atoms with Crippen molar-refractivity contribution in [3.8, 4) is 0 Å². The van der Waals surface area contributed by atoms with Gasteiger partial charge in [-0.15, -0.1) is 0 Å². The van der Waals surface area contributed by atoms with Crippen LogP contribution in [0.5, 0.6) is 0 Å². The Morgan fingerprint density at radius 3 is 2.62 bits per heavy atom. The van der Waals surface area contributed by atoms with Gasteiger partial charge in [-0.2, -0.15) is 0 Å². The van der Waals surface area contributed by atoms with E-state index in [0.29, 0.717) is 18.2 Å². The Labute approximate surface area is 94.8 Å². The molecule has 0 aromatic heterocycles. The predicted molar refractivity (Wildman–Crippen MR) is 63.3 cm³/mol. The van der Waals surface area contributed by atoms with Gasteiger partial charge in [0, 0.05) is 12.6 Å². The molecule has 1 aromatic carbocycles. The third-order valence-corrected chi connectivity index (χ3v) is 2.37. The van der Waals surface area contributed by atoms with Gasteiger partial charge in [0.1, 0.15) is 5.82 Å². The molecule has 0 aliphatic heterocycles. The summed E-state index contributed by atoms with van der Waals surface area (Å²) < 4.78 is 26.0. The highest BCUT2D eigenvalue weighted by molar-refractivity contribution is 5.66. The fraction of sp³-hybridized carbons (Fsp3) is 0.500. The standard InChI is InChI=1S/C12H18F2N2/c1-8(2)4-3-5-16-11-7-9(13)6-10(14)12(11)15/h6-8,16H,3-5,15H2,1-2H3. The maximum Gasteiger partial charge on any atom is 0.151 e. The molecule has 1 aromatic rings. The number of halogens is 2. The average Bonchev–Trinajstić information content (AvgIpc) is 2.19. The molecule has 0 amide bonds. The van der Waals surface area contributed by atoms with Crippen LogP contribution in [0.15, 0.2) is 12.1 Å². The van der Waals surface area contributed by atoms with Gasteiger partial charge in [0.25, 0.3) is 0 Å². The lowest BCUT2D eigenvalue weighted by molar-refractivity contribution is 0.566. The van der Waals surface area contributed by atoms with E-state index in [2.05, 4.69) is 19.2 Å². The predicted octanol–water partition coefficient (Wildman–Crippen LogP) is 3.40. The molecule has 0 fully saturated rings. The molecule has 90 valence electrons. The minimum atomic E-state index is -0.716. The second-order valence-corrected chi connectivity index (χ2v) is 4.31. The molecular weight excluding hydrogens is 210 g/mol. The normalized spacial score (nSPS) is 10.8. The maximum absolute atomic E-state index is 13.1. The van der Waals surface area contributed by atoms with E-state index in [4.69, 9.17) is 5.73 Å². The van der Waals surface area contributed by atoms with Crippen LogP contribution in [-0.2, 0) is 0 Å². The van der Waals surface area contributed by atoms with E-state index in [1.807, 2.05) is 0 Å². The van der Waals surface area contributed by atoms with E-state index in [9.17, 15) is 8.78 Å². The fourth-order valence-electron chi connectivity index (χ4n) is 1.46. The van der Waals surface area contributed by atoms with Crippen LogP contribution in [0.2, 0.25) is 0 Å². The lowest BCUT2D eigenvalue weighted by Gasteiger charge is -2.10. The summed E-state index contributed by atoms with van der Waals surface area (Å²) in [6.45, 7) is 4.94. The lowest BCUT2D eigenvalue weighted by Crippen LogP contribution is -2.07. The first kappa shape index (κ1) is 12.7. The molecule has 0 heterocycles. The van der Waals surface area contributed by atoms with Crippen LogP contribution in [0.1, 0.15) is 26.7 Å². The summed E-state index contributed by atoms with van der Waals surface area (Å²) in [5.74, 6) is -0.701. The van der Waals surface area contributed by atoms with Crippen molar-refractivity contribution in [2.45, 2.75) is 26.7 Å². The first-order valence-electron chi connectivity index (χ1n) is 5.49. The lowest BCUT2D eigenvalue weighted by atomic mass is 10.1. The summed E-state index contributed by atoms with van der Waals surface area (Å²) in [5, 5.41) is 2.94. The van der Waals surface area contributed by atoms with Crippen molar-refractivity contribution in [2.75, 3.05) is 17.6 Å². The molecule has 3 N–H and O–H groups in total. The van der Waals surface area contributed by atoms with Crippen molar-refractivity contribution in [1.29, 1.82) is 0 Å². The topological polar surface area (TPSA) is 38.0 Å². The number of anilines is 2. The van der Waals surface area contributed by atoms with Gasteiger partial charge in [-0.05, 0) is 24.8 Å². The minimum Gasteiger partial charge on any atom is -0.395 e. The molecular formula is C12H18F2N2. The van der Waals surface area contributed by atoms with Crippen molar-refractivity contribution < 1.29 is 8.78 Å². The van der Waals surface area contributed by atoms with Crippen LogP contribution in [0.25, 0.3) is 0 Å². The van der Waals surface area contributed by atoms with E-state index in [0.717, 1.165) is 18.9 Å². The summed E-state index contributed by atoms with van der Waals surface area (Å²) in [6, 6.07) is 2.00. The van der Waals surface area contributed by atoms with Gasteiger partial charge >= 0.3 is 0 Å². The zero-order valence-corrected chi connectivity index (χ0v) is 9.69. The van der Waals surface area contributed by atoms with Gasteiger partial charge in [0.15, 0.2) is 5.82 Å². The van der Waals surface area contributed by atoms with Gasteiger partial charge in [-0.1, -0.05) is 13.8 Å². The van der Waals surface area contributed by atoms with Crippen LogP contribution < -0.4 is 11.1 Å². The van der Waals surface area contributed by atoms with Gasteiger partial charge < -0.3 is 11.1 Å². The molecule has 4 heteroatoms. The molecule has 0 spiro atoms. The molecule has 1 rings (SSSR count). The van der Waals surface area contributed by atoms with Crippen molar-refractivity contribution in [3.63, 3.8) is 0 Å². The van der Waals surface area contributed by atoms with Crippen molar-refractivity contribution >= 4 is 11.4 Å². The molecule has 0 saturated heterocycles. The molecule has 0 radical (unpaired) electrons. The van der Waals surface area contributed by atoms with Crippen LogP contribution in [0, 0.1) is 17.6 Å². The second-order valence-electron chi connectivity index (χ2n) is 4.31. The largest absolute Gasteiger partial charge is 0.395 e. The first-order chi connectivity index (χ1) is 7.50. The highest BCUT2D eigenvalue weighted by Gasteiger charge is 2.07. The Hall–Kier alpha value is -1.32. The molecule has 0 saturated carbocycles. The highest BCUT2D eigenvalue weighted by atomic mass is 19.1. The van der Waals surface area contributed by atoms with Crippen molar-refractivity contribution in [1.82, 2.24) is 0 Å². The molecule has 2 nitrogen and oxygen atoms in total. The Morgan fingerprint density at radius 1 is 1.31 bits per heavy atom. The number of rotatable bonds is 5. The number of benzene rings is 1. The number of hydrogen-bond donors (Lipinski definition) is 2. The van der Waals surface area contributed by atoms with Crippen LogP contribution >= 0.6 is 0 Å². The van der Waals surface area contributed by atoms with E-state index >= 15 is 0 Å². The van der Waals surface area contributed by atoms with E-state index < -0.39 is 11.6 Å². The Bertz CT molecular complexity index is 351. The monoisotopic (exact) mass is 228 g/mol. The Morgan fingerprint density at radius 2 is 2.00 bits per heavy atom. The number of nitrogens with two attached hydrogens (primary N) is 1. The molecule has 0 aliphatic rings. The van der Waals surface area contributed by atoms with E-state index in [-0.39, 0.29) is 5.69 Å². The van der Waals surface area contributed by atoms with Crippen LogP contribution in [-0.4, -0.2) is 6.54 Å². The van der Waals surface area contributed by atoms with Crippen LogP contribution in [0.3, 0.4) is 0 Å². The number of hydrogen-bond acceptors (Lipinski definition) is 2. The molecule has 0 bridgehead atoms. The summed E-state index contributed by atoms with van der Waals surface area (Å²) in [6.07, 6.45) is 2.03. The zero-order chi connectivity index (χ0) is 12.1. The smallest absolute Gasteiger partial charge is 0.151 e. The quantitative estimate of drug-likeness (QED) is 0.598. The maximum atomic E-state index is 13.1. The minimum absolute atomic E-state index is 0.0223. The first-order valence-corrected chi connectivity index (χ1v) is 5.49. The second kappa shape index (κ2) is 5.68. The molecule has 16 heavy (non-hydrogen) atoms. The summed E-state index contributed by atoms with van der Waals surface area (Å²) in [4.78, 5) is 0. The van der Waals surface area contributed by atoms with Crippen LogP contribution in [0.4, 0.5) is 20.2 Å². The number of nitrogens with one attached hydrogen (secondary N) is 1. The Balaban J connectivity index is 2.53. The fourth-order valence-corrected chi connectivity index (χ4v) is 1.46. The summed E-state index contributed by atoms with van der Waals surface area (Å²) in [5.41, 5.74) is 5.80. The van der Waals surface area contributed by atoms with E-state index in [1.54, 1.807) is 0 Å². The van der Waals surface area contributed by atoms with Gasteiger partial charge in [-0.25, -0.2) is 8.78 Å². The van der Waals surface area contributed by atoms with Gasteiger partial charge in [0.2, 0.25) is 0 Å². The third-order valence-electron chi connectivity index (χ3n) is 2.37.